The normalized spacial score (nSPS) is 11.4. The maximum Gasteiger partial charge on any atom is 0.406 e. The fourth-order valence-corrected chi connectivity index (χ4v) is 2.51. The van der Waals surface area contributed by atoms with Crippen molar-refractivity contribution in [3.05, 3.63) is 16.3 Å². The van der Waals surface area contributed by atoms with E-state index >= 15 is 0 Å². The highest BCUT2D eigenvalue weighted by Crippen LogP contribution is 2.24. The van der Waals surface area contributed by atoms with Crippen molar-refractivity contribution in [3.63, 3.8) is 0 Å². The molecule has 0 aliphatic heterocycles. The smallest absolute Gasteiger partial charge is 0.406 e. The number of thiophene rings is 1. The molecule has 8 heteroatoms. The van der Waals surface area contributed by atoms with Crippen LogP contribution < -0.4 is 4.74 Å². The molecule has 102 valence electrons. The zero-order chi connectivity index (χ0) is 13.8. The Hall–Kier alpha value is -0.760. The van der Waals surface area contributed by atoms with Gasteiger partial charge in [-0.15, -0.1) is 11.3 Å². The molecule has 0 spiro atoms. The molecule has 0 saturated heterocycles. The minimum Gasteiger partial charge on any atom is -0.496 e. The first-order chi connectivity index (χ1) is 8.37. The van der Waals surface area contributed by atoms with Gasteiger partial charge in [-0.3, -0.25) is 4.79 Å². The molecule has 1 aromatic rings. The SMILES string of the molecule is COc1csc(C(=O)N(CCBr)CC(F)(F)F)c1. The van der Waals surface area contributed by atoms with Gasteiger partial charge in [0.05, 0.1) is 12.0 Å². The molecule has 18 heavy (non-hydrogen) atoms. The predicted octanol–water partition coefficient (Wildman–Crippen LogP) is 3.16. The van der Waals surface area contributed by atoms with E-state index in [9.17, 15) is 18.0 Å². The maximum absolute atomic E-state index is 12.3. The molecule has 1 amide bonds. The lowest BCUT2D eigenvalue weighted by Crippen LogP contribution is -2.39. The number of nitrogens with zero attached hydrogens (tertiary/aromatic N) is 1. The molecule has 0 N–H and O–H groups in total. The Balaban J connectivity index is 2.81. The summed E-state index contributed by atoms with van der Waals surface area (Å²) in [6, 6.07) is 1.44. The van der Waals surface area contributed by atoms with Crippen LogP contribution in [0.1, 0.15) is 9.67 Å². The number of halogens is 4. The number of rotatable bonds is 5. The monoisotopic (exact) mass is 345 g/mol. The molecule has 0 aliphatic rings. The molecule has 1 heterocycles. The van der Waals surface area contributed by atoms with Gasteiger partial charge in [0.1, 0.15) is 12.3 Å². The highest BCUT2D eigenvalue weighted by Gasteiger charge is 2.33. The van der Waals surface area contributed by atoms with Gasteiger partial charge in [-0.1, -0.05) is 15.9 Å². The molecule has 0 atom stereocenters. The van der Waals surface area contributed by atoms with E-state index < -0.39 is 18.6 Å². The maximum atomic E-state index is 12.3. The minimum atomic E-state index is -4.40. The molecule has 1 aromatic heterocycles. The van der Waals surface area contributed by atoms with E-state index in [1.54, 1.807) is 5.38 Å². The lowest BCUT2D eigenvalue weighted by atomic mass is 10.3. The lowest BCUT2D eigenvalue weighted by Gasteiger charge is -2.22. The number of ether oxygens (including phenoxy) is 1. The zero-order valence-electron chi connectivity index (χ0n) is 9.46. The highest BCUT2D eigenvalue weighted by molar-refractivity contribution is 9.09. The Morgan fingerprint density at radius 2 is 2.22 bits per heavy atom. The summed E-state index contributed by atoms with van der Waals surface area (Å²) in [5.41, 5.74) is 0. The van der Waals surface area contributed by atoms with Crippen LogP contribution in [0.3, 0.4) is 0 Å². The number of methoxy groups -OCH3 is 1. The van der Waals surface area contributed by atoms with E-state index in [0.29, 0.717) is 5.75 Å². The highest BCUT2D eigenvalue weighted by atomic mass is 79.9. The summed E-state index contributed by atoms with van der Waals surface area (Å²) in [6.45, 7) is -1.25. The average molecular weight is 346 g/mol. The summed E-state index contributed by atoms with van der Waals surface area (Å²) < 4.78 is 41.9. The Kier molecular flexibility index (Phi) is 5.46. The van der Waals surface area contributed by atoms with Gasteiger partial charge in [0.2, 0.25) is 0 Å². The second kappa shape index (κ2) is 6.42. The van der Waals surface area contributed by atoms with Gasteiger partial charge in [0, 0.05) is 23.3 Å². The molecule has 0 unspecified atom stereocenters. The molecule has 1 rings (SSSR count). The van der Waals surface area contributed by atoms with Crippen molar-refractivity contribution in [2.45, 2.75) is 6.18 Å². The van der Waals surface area contributed by atoms with Crippen molar-refractivity contribution in [1.82, 2.24) is 4.90 Å². The van der Waals surface area contributed by atoms with Crippen LogP contribution >= 0.6 is 27.3 Å². The zero-order valence-corrected chi connectivity index (χ0v) is 11.9. The first kappa shape index (κ1) is 15.3. The van der Waals surface area contributed by atoms with Crippen LogP contribution in [0.15, 0.2) is 11.4 Å². The standard InChI is InChI=1S/C10H11BrF3NO2S/c1-17-7-4-8(18-5-7)9(16)15(3-2-11)6-10(12,13)14/h4-5H,2-3,6H2,1H3. The molecular weight excluding hydrogens is 335 g/mol. The van der Waals surface area contributed by atoms with Crippen LogP contribution in [-0.4, -0.2) is 42.5 Å². The fourth-order valence-electron chi connectivity index (χ4n) is 1.26. The lowest BCUT2D eigenvalue weighted by molar-refractivity contribution is -0.140. The molecule has 0 radical (unpaired) electrons. The number of amides is 1. The molecule has 0 aliphatic carbocycles. The van der Waals surface area contributed by atoms with Crippen molar-refractivity contribution in [2.75, 3.05) is 25.5 Å². The van der Waals surface area contributed by atoms with Crippen LogP contribution in [0.2, 0.25) is 0 Å². The van der Waals surface area contributed by atoms with Gasteiger partial charge < -0.3 is 9.64 Å². The van der Waals surface area contributed by atoms with E-state index in [-0.39, 0.29) is 16.8 Å². The largest absolute Gasteiger partial charge is 0.496 e. The van der Waals surface area contributed by atoms with Gasteiger partial charge in [-0.05, 0) is 0 Å². The molecular formula is C10H11BrF3NO2S. The van der Waals surface area contributed by atoms with Gasteiger partial charge in [0.15, 0.2) is 0 Å². The van der Waals surface area contributed by atoms with E-state index in [0.717, 1.165) is 16.2 Å². The minimum absolute atomic E-state index is 0.00143. The third-order valence-electron chi connectivity index (χ3n) is 2.03. The average Bonchev–Trinajstić information content (AvgIpc) is 2.74. The van der Waals surface area contributed by atoms with Crippen LogP contribution in [0.25, 0.3) is 0 Å². The van der Waals surface area contributed by atoms with Crippen molar-refractivity contribution >= 4 is 33.2 Å². The van der Waals surface area contributed by atoms with E-state index in [1.165, 1.54) is 13.2 Å². The second-order valence-electron chi connectivity index (χ2n) is 3.38. The first-order valence-electron chi connectivity index (χ1n) is 4.92. The van der Waals surface area contributed by atoms with Crippen LogP contribution in [0.4, 0.5) is 13.2 Å². The van der Waals surface area contributed by atoms with Crippen LogP contribution in [0.5, 0.6) is 5.75 Å². The van der Waals surface area contributed by atoms with Crippen molar-refractivity contribution in [3.8, 4) is 5.75 Å². The van der Waals surface area contributed by atoms with Crippen LogP contribution in [-0.2, 0) is 0 Å². The predicted molar refractivity (Wildman–Crippen MR) is 66.6 cm³/mol. The van der Waals surface area contributed by atoms with Crippen LogP contribution in [0, 0.1) is 0 Å². The number of hydrogen-bond donors (Lipinski definition) is 0. The Bertz CT molecular complexity index is 408. The van der Waals surface area contributed by atoms with Gasteiger partial charge in [-0.25, -0.2) is 0 Å². The topological polar surface area (TPSA) is 29.5 Å². The second-order valence-corrected chi connectivity index (χ2v) is 5.09. The Morgan fingerprint density at radius 1 is 1.56 bits per heavy atom. The van der Waals surface area contributed by atoms with Gasteiger partial charge in [0.25, 0.3) is 5.91 Å². The van der Waals surface area contributed by atoms with Crippen molar-refractivity contribution in [1.29, 1.82) is 0 Å². The summed E-state index contributed by atoms with van der Waals surface area (Å²) in [6.07, 6.45) is -4.40. The molecule has 0 aromatic carbocycles. The van der Waals surface area contributed by atoms with Gasteiger partial charge in [-0.2, -0.15) is 13.2 Å². The summed E-state index contributed by atoms with van der Waals surface area (Å²) in [5, 5.41) is 1.87. The van der Waals surface area contributed by atoms with Gasteiger partial charge >= 0.3 is 6.18 Å². The summed E-state index contributed by atoms with van der Waals surface area (Å²) in [5.74, 6) is -0.172. The van der Waals surface area contributed by atoms with E-state index in [2.05, 4.69) is 15.9 Å². The third kappa shape index (κ3) is 4.49. The van der Waals surface area contributed by atoms with E-state index in [1.807, 2.05) is 0 Å². The number of hydrogen-bond acceptors (Lipinski definition) is 3. The summed E-state index contributed by atoms with van der Waals surface area (Å²) >= 11 is 4.10. The van der Waals surface area contributed by atoms with Crippen molar-refractivity contribution < 1.29 is 22.7 Å². The summed E-state index contributed by atoms with van der Waals surface area (Å²) in [4.78, 5) is 12.9. The molecule has 3 nitrogen and oxygen atoms in total. The summed E-state index contributed by atoms with van der Waals surface area (Å²) in [7, 11) is 1.43. The number of carbonyl (C=O) groups excluding carboxylic acids is 1. The van der Waals surface area contributed by atoms with E-state index in [4.69, 9.17) is 4.74 Å². The Labute approximate surface area is 115 Å². The molecule has 0 bridgehead atoms. The quantitative estimate of drug-likeness (QED) is 0.767. The first-order valence-corrected chi connectivity index (χ1v) is 6.92. The Morgan fingerprint density at radius 3 is 2.67 bits per heavy atom. The fraction of sp³-hybridized carbons (Fsp3) is 0.500. The molecule has 0 saturated carbocycles. The molecule has 0 fully saturated rings. The van der Waals surface area contributed by atoms with Crippen molar-refractivity contribution in [2.24, 2.45) is 0 Å². The number of carbonyl (C=O) groups is 1. The third-order valence-corrected chi connectivity index (χ3v) is 3.28. The number of alkyl halides is 4.